The molecule has 0 bridgehead atoms. The summed E-state index contributed by atoms with van der Waals surface area (Å²) in [6.07, 6.45) is 2.77. The Morgan fingerprint density at radius 2 is 1.52 bits per heavy atom. The van der Waals surface area contributed by atoms with Crippen molar-refractivity contribution in [3.8, 4) is 0 Å². The highest BCUT2D eigenvalue weighted by molar-refractivity contribution is 6.77. The normalized spacial score (nSPS) is 15.7. The van der Waals surface area contributed by atoms with E-state index < -0.39 is 14.4 Å². The quantitative estimate of drug-likeness (QED) is 0.206. The van der Waals surface area contributed by atoms with E-state index in [4.69, 9.17) is 9.16 Å². The van der Waals surface area contributed by atoms with Gasteiger partial charge in [-0.15, -0.1) is 6.58 Å². The summed E-state index contributed by atoms with van der Waals surface area (Å²) < 4.78 is 12.8. The van der Waals surface area contributed by atoms with Gasteiger partial charge in [-0.25, -0.2) is 0 Å². The highest BCUT2D eigenvalue weighted by atomic mass is 28.4. The van der Waals surface area contributed by atoms with Crippen LogP contribution in [0.3, 0.4) is 0 Å². The average molecular weight is 421 g/mol. The summed E-state index contributed by atoms with van der Waals surface area (Å²) in [4.78, 5) is 0. The van der Waals surface area contributed by atoms with Crippen LogP contribution in [-0.2, 0) is 15.8 Å². The maximum absolute atomic E-state index is 10.7. The molecule has 0 amide bonds. The predicted octanol–water partition coefficient (Wildman–Crippen LogP) is 6.73. The van der Waals surface area contributed by atoms with Gasteiger partial charge in [0, 0.05) is 6.61 Å². The van der Waals surface area contributed by atoms with Crippen LogP contribution >= 0.6 is 0 Å². The second-order valence-corrected chi connectivity index (χ2v) is 14.7. The minimum Gasteiger partial charge on any atom is -0.412 e. The third-order valence-corrected chi connectivity index (χ3v) is 12.4. The Morgan fingerprint density at radius 3 is 2.00 bits per heavy atom. The summed E-state index contributed by atoms with van der Waals surface area (Å²) in [6, 6.07) is 10.1. The summed E-state index contributed by atoms with van der Waals surface area (Å²) >= 11 is 0. The smallest absolute Gasteiger partial charge is 0.200 e. The Kier molecular flexibility index (Phi) is 11.4. The molecule has 0 heterocycles. The molecule has 29 heavy (non-hydrogen) atoms. The third kappa shape index (κ3) is 7.67. The molecule has 0 aliphatic rings. The molecule has 0 radical (unpaired) electrons. The van der Waals surface area contributed by atoms with E-state index in [2.05, 4.69) is 67.2 Å². The van der Waals surface area contributed by atoms with E-state index in [1.54, 1.807) is 0 Å². The van der Waals surface area contributed by atoms with Crippen LogP contribution in [0, 0.1) is 5.92 Å². The van der Waals surface area contributed by atoms with Crippen molar-refractivity contribution < 1.29 is 14.3 Å². The largest absolute Gasteiger partial charge is 0.412 e. The van der Waals surface area contributed by atoms with Gasteiger partial charge in [0.05, 0.1) is 18.8 Å². The number of rotatable bonds is 14. The van der Waals surface area contributed by atoms with Gasteiger partial charge in [-0.3, -0.25) is 0 Å². The lowest BCUT2D eigenvalue weighted by Gasteiger charge is -2.46. The topological polar surface area (TPSA) is 38.7 Å². The lowest BCUT2D eigenvalue weighted by atomic mass is 9.98. The first-order valence-electron chi connectivity index (χ1n) is 11.2. The van der Waals surface area contributed by atoms with Gasteiger partial charge in [0.15, 0.2) is 0 Å². The van der Waals surface area contributed by atoms with Crippen LogP contribution < -0.4 is 0 Å². The van der Waals surface area contributed by atoms with Gasteiger partial charge in [-0.05, 0) is 40.9 Å². The molecule has 0 unspecified atom stereocenters. The first kappa shape index (κ1) is 26.1. The highest BCUT2D eigenvalue weighted by Crippen LogP contribution is 2.44. The molecule has 4 heteroatoms. The molecular weight excluding hydrogens is 376 g/mol. The summed E-state index contributed by atoms with van der Waals surface area (Å²) in [5.41, 5.74) is 2.72. The second kappa shape index (κ2) is 12.7. The Bertz CT molecular complexity index is 549. The van der Waals surface area contributed by atoms with E-state index in [0.29, 0.717) is 42.7 Å². The van der Waals surface area contributed by atoms with Gasteiger partial charge in [-0.1, -0.05) is 84.9 Å². The Morgan fingerprint density at radius 1 is 0.966 bits per heavy atom. The van der Waals surface area contributed by atoms with Crippen molar-refractivity contribution in [1.82, 2.24) is 0 Å². The van der Waals surface area contributed by atoms with E-state index in [0.717, 1.165) is 5.56 Å². The number of aliphatic hydroxyl groups is 1. The Labute approximate surface area is 180 Å². The Hall–Kier alpha value is -0.943. The number of hydrogen-bond donors (Lipinski definition) is 1. The third-order valence-electron chi connectivity index (χ3n) is 6.23. The fraction of sp³-hybridized carbons (Fsp3) is 0.680. The zero-order chi connectivity index (χ0) is 22.0. The minimum absolute atomic E-state index is 0.00418. The van der Waals surface area contributed by atoms with Crippen molar-refractivity contribution >= 4 is 8.32 Å². The number of hydrogen-bond acceptors (Lipinski definition) is 3. The molecule has 1 rings (SSSR count). The minimum atomic E-state index is -2.01. The second-order valence-electron chi connectivity index (χ2n) is 9.29. The highest BCUT2D eigenvalue weighted by Gasteiger charge is 2.47. The zero-order valence-corrected chi connectivity index (χ0v) is 20.7. The summed E-state index contributed by atoms with van der Waals surface area (Å²) in [5, 5.41) is 10.7. The van der Waals surface area contributed by atoms with Crippen LogP contribution in [0.2, 0.25) is 16.6 Å². The van der Waals surface area contributed by atoms with Crippen molar-refractivity contribution in [3.05, 3.63) is 48.6 Å². The van der Waals surface area contributed by atoms with Gasteiger partial charge < -0.3 is 14.3 Å². The monoisotopic (exact) mass is 420 g/mol. The van der Waals surface area contributed by atoms with Crippen molar-refractivity contribution in [2.75, 3.05) is 6.61 Å². The maximum atomic E-state index is 10.7. The standard InChI is InChI=1S/C25H44O3Si/c1-9-22(8)25(28-29(19(2)3,20(4)5)21(6)7)17-24(26)15-16-27-18-23-13-11-10-12-14-23/h9-14,19-22,24-26H,1,15-18H2,2-8H3/t22-,24+,25-/m1/s1. The van der Waals surface area contributed by atoms with Crippen LogP contribution in [0.5, 0.6) is 0 Å². The molecule has 0 fully saturated rings. The van der Waals surface area contributed by atoms with E-state index in [9.17, 15) is 5.11 Å². The van der Waals surface area contributed by atoms with E-state index >= 15 is 0 Å². The van der Waals surface area contributed by atoms with Crippen molar-refractivity contribution in [2.45, 2.75) is 96.7 Å². The molecule has 1 aromatic carbocycles. The number of benzene rings is 1. The SMILES string of the molecule is C=C[C@@H](C)[C@@H](C[C@@H](O)CCOCc1ccccc1)O[Si](C(C)C)(C(C)C)C(C)C. The lowest BCUT2D eigenvalue weighted by molar-refractivity contribution is 0.0339. The van der Waals surface area contributed by atoms with Gasteiger partial charge >= 0.3 is 0 Å². The molecule has 0 aliphatic carbocycles. The van der Waals surface area contributed by atoms with Crippen LogP contribution in [-0.4, -0.2) is 32.2 Å². The first-order valence-corrected chi connectivity index (χ1v) is 13.4. The van der Waals surface area contributed by atoms with Crippen LogP contribution in [0.4, 0.5) is 0 Å². The molecule has 0 saturated carbocycles. The first-order chi connectivity index (χ1) is 13.6. The van der Waals surface area contributed by atoms with Gasteiger partial charge in [0.2, 0.25) is 8.32 Å². The Balaban J connectivity index is 2.70. The van der Waals surface area contributed by atoms with E-state index in [-0.39, 0.29) is 12.0 Å². The molecule has 3 nitrogen and oxygen atoms in total. The molecule has 0 saturated heterocycles. The fourth-order valence-corrected chi connectivity index (χ4v) is 10.2. The van der Waals surface area contributed by atoms with Crippen LogP contribution in [0.15, 0.2) is 43.0 Å². The van der Waals surface area contributed by atoms with Crippen molar-refractivity contribution in [1.29, 1.82) is 0 Å². The molecule has 0 aliphatic heterocycles. The van der Waals surface area contributed by atoms with Gasteiger partial charge in [0.25, 0.3) is 0 Å². The van der Waals surface area contributed by atoms with Crippen molar-refractivity contribution in [3.63, 3.8) is 0 Å². The van der Waals surface area contributed by atoms with E-state index in [1.807, 2.05) is 24.3 Å². The molecule has 1 aromatic rings. The fourth-order valence-electron chi connectivity index (χ4n) is 4.56. The summed E-state index contributed by atoms with van der Waals surface area (Å²) in [5.74, 6) is 0.206. The molecule has 0 aromatic heterocycles. The van der Waals surface area contributed by atoms with Gasteiger partial charge in [-0.2, -0.15) is 0 Å². The van der Waals surface area contributed by atoms with E-state index in [1.165, 1.54) is 0 Å². The van der Waals surface area contributed by atoms with Crippen LogP contribution in [0.1, 0.15) is 66.9 Å². The number of ether oxygens (including phenoxy) is 1. The average Bonchev–Trinajstić information content (AvgIpc) is 2.67. The van der Waals surface area contributed by atoms with Crippen molar-refractivity contribution in [2.24, 2.45) is 5.92 Å². The molecule has 0 spiro atoms. The molecule has 1 N–H and O–H groups in total. The van der Waals surface area contributed by atoms with Crippen LogP contribution in [0.25, 0.3) is 0 Å². The molecule has 3 atom stereocenters. The lowest BCUT2D eigenvalue weighted by Crippen LogP contribution is -2.51. The predicted molar refractivity (Wildman–Crippen MR) is 127 cm³/mol. The molecular formula is C25H44O3Si. The number of aliphatic hydroxyl groups excluding tert-OH is 1. The van der Waals surface area contributed by atoms with Gasteiger partial charge in [0.1, 0.15) is 0 Å². The summed E-state index contributed by atoms with van der Waals surface area (Å²) in [7, 11) is -2.01. The zero-order valence-electron chi connectivity index (χ0n) is 19.7. The maximum Gasteiger partial charge on any atom is 0.200 e. The summed E-state index contributed by atoms with van der Waals surface area (Å²) in [6.45, 7) is 21.1. The molecule has 166 valence electrons.